The van der Waals surface area contributed by atoms with Gasteiger partial charge in [0.05, 0.1) is 19.3 Å². The first-order valence-electron chi connectivity index (χ1n) is 7.48. The number of hydrogen-bond acceptors (Lipinski definition) is 7. The molecule has 0 spiro atoms. The van der Waals surface area contributed by atoms with E-state index in [1.807, 2.05) is 6.07 Å². The summed E-state index contributed by atoms with van der Waals surface area (Å²) in [6, 6.07) is 8.81. The molecule has 23 heavy (non-hydrogen) atoms. The minimum absolute atomic E-state index is 0.433. The highest BCUT2D eigenvalue weighted by Gasteiger charge is 2.43. The molecule has 126 valence electrons. The van der Waals surface area contributed by atoms with Crippen molar-refractivity contribution in [1.29, 1.82) is 5.26 Å². The van der Waals surface area contributed by atoms with Crippen LogP contribution in [0.1, 0.15) is 24.5 Å². The molecule has 1 heterocycles. The first-order chi connectivity index (χ1) is 11.1. The summed E-state index contributed by atoms with van der Waals surface area (Å²) < 4.78 is 11.0. The first-order valence-corrected chi connectivity index (χ1v) is 7.48. The molecule has 0 aliphatic carbocycles. The molecule has 1 aromatic carbocycles. The average Bonchev–Trinajstić information content (AvgIpc) is 2.58. The molecule has 0 aromatic heterocycles. The highest BCUT2D eigenvalue weighted by Crippen LogP contribution is 2.33. The second-order valence-corrected chi connectivity index (χ2v) is 5.43. The SMILES string of the molecule is N#CCCCOc1ccc(C2OC(CO)C(O)C(O)C2O)cc1. The van der Waals surface area contributed by atoms with Gasteiger partial charge in [0.2, 0.25) is 0 Å². The van der Waals surface area contributed by atoms with Crippen LogP contribution in [0.25, 0.3) is 0 Å². The monoisotopic (exact) mass is 323 g/mol. The number of hydrogen-bond donors (Lipinski definition) is 4. The molecule has 1 fully saturated rings. The van der Waals surface area contributed by atoms with Crippen molar-refractivity contribution < 1.29 is 29.9 Å². The average molecular weight is 323 g/mol. The molecular weight excluding hydrogens is 302 g/mol. The smallest absolute Gasteiger partial charge is 0.119 e. The maximum Gasteiger partial charge on any atom is 0.119 e. The number of unbranched alkanes of at least 4 members (excludes halogenated alkanes) is 1. The number of nitriles is 1. The van der Waals surface area contributed by atoms with Crippen molar-refractivity contribution in [1.82, 2.24) is 0 Å². The number of ether oxygens (including phenoxy) is 2. The molecule has 0 amide bonds. The Balaban J connectivity index is 2.02. The maximum absolute atomic E-state index is 10.1. The van der Waals surface area contributed by atoms with Gasteiger partial charge in [-0.2, -0.15) is 5.26 Å². The fourth-order valence-corrected chi connectivity index (χ4v) is 2.47. The van der Waals surface area contributed by atoms with Crippen LogP contribution in [0.5, 0.6) is 5.75 Å². The normalized spacial score (nSPS) is 30.7. The summed E-state index contributed by atoms with van der Waals surface area (Å²) >= 11 is 0. The Bertz CT molecular complexity index is 526. The van der Waals surface area contributed by atoms with Gasteiger partial charge in [0.1, 0.15) is 36.3 Å². The fraction of sp³-hybridized carbons (Fsp3) is 0.562. The quantitative estimate of drug-likeness (QED) is 0.538. The third-order valence-corrected chi connectivity index (χ3v) is 3.80. The Morgan fingerprint density at radius 3 is 2.39 bits per heavy atom. The molecule has 7 nitrogen and oxygen atoms in total. The Morgan fingerprint density at radius 2 is 1.78 bits per heavy atom. The van der Waals surface area contributed by atoms with Crippen LogP contribution >= 0.6 is 0 Å². The van der Waals surface area contributed by atoms with Gasteiger partial charge in [-0.25, -0.2) is 0 Å². The zero-order valence-corrected chi connectivity index (χ0v) is 12.6. The van der Waals surface area contributed by atoms with Crippen molar-refractivity contribution in [2.24, 2.45) is 0 Å². The van der Waals surface area contributed by atoms with Crippen molar-refractivity contribution in [3.05, 3.63) is 29.8 Å². The van der Waals surface area contributed by atoms with Crippen LogP contribution in [0, 0.1) is 11.3 Å². The van der Waals surface area contributed by atoms with Crippen molar-refractivity contribution >= 4 is 0 Å². The van der Waals surface area contributed by atoms with Gasteiger partial charge in [0.25, 0.3) is 0 Å². The van der Waals surface area contributed by atoms with Gasteiger partial charge in [0.15, 0.2) is 0 Å². The summed E-state index contributed by atoms with van der Waals surface area (Å²) in [5.74, 6) is 0.622. The number of nitrogens with zero attached hydrogens (tertiary/aromatic N) is 1. The Hall–Kier alpha value is -1.69. The highest BCUT2D eigenvalue weighted by molar-refractivity contribution is 5.29. The van der Waals surface area contributed by atoms with E-state index in [-0.39, 0.29) is 0 Å². The topological polar surface area (TPSA) is 123 Å². The molecule has 5 unspecified atom stereocenters. The van der Waals surface area contributed by atoms with Gasteiger partial charge in [-0.15, -0.1) is 0 Å². The Morgan fingerprint density at radius 1 is 1.09 bits per heavy atom. The third kappa shape index (κ3) is 4.19. The minimum atomic E-state index is -1.40. The van der Waals surface area contributed by atoms with E-state index < -0.39 is 37.1 Å². The predicted octanol–water partition coefficient (Wildman–Crippen LogP) is -0.116. The molecule has 0 bridgehead atoms. The van der Waals surface area contributed by atoms with E-state index in [1.165, 1.54) is 0 Å². The van der Waals surface area contributed by atoms with Crippen LogP contribution in [0.3, 0.4) is 0 Å². The zero-order chi connectivity index (χ0) is 16.8. The molecule has 1 aromatic rings. The van der Waals surface area contributed by atoms with Gasteiger partial charge in [-0.1, -0.05) is 12.1 Å². The summed E-state index contributed by atoms with van der Waals surface area (Å²) in [4.78, 5) is 0. The van der Waals surface area contributed by atoms with E-state index >= 15 is 0 Å². The number of aliphatic hydroxyl groups is 4. The molecule has 5 atom stereocenters. The summed E-state index contributed by atoms with van der Waals surface area (Å²) in [6.07, 6.45) is -4.76. The van der Waals surface area contributed by atoms with Crippen LogP contribution in [-0.4, -0.2) is 58.1 Å². The number of benzene rings is 1. The lowest BCUT2D eigenvalue weighted by molar-refractivity contribution is -0.231. The summed E-state index contributed by atoms with van der Waals surface area (Å²) in [6.45, 7) is -0.0194. The van der Waals surface area contributed by atoms with Crippen molar-refractivity contribution in [2.45, 2.75) is 43.4 Å². The van der Waals surface area contributed by atoms with Gasteiger partial charge < -0.3 is 29.9 Å². The van der Waals surface area contributed by atoms with E-state index in [4.69, 9.17) is 14.7 Å². The standard InChI is InChI=1S/C16H21NO6/c17-7-1-2-8-22-11-5-3-10(4-6-11)16-15(21)14(20)13(19)12(9-18)23-16/h3-6,12-16,18-21H,1-2,8-9H2. The van der Waals surface area contributed by atoms with Crippen molar-refractivity contribution in [2.75, 3.05) is 13.2 Å². The molecule has 1 aliphatic rings. The highest BCUT2D eigenvalue weighted by atomic mass is 16.5. The third-order valence-electron chi connectivity index (χ3n) is 3.80. The molecule has 7 heteroatoms. The van der Waals surface area contributed by atoms with Gasteiger partial charge >= 0.3 is 0 Å². The second kappa shape index (κ2) is 8.24. The Kier molecular flexibility index (Phi) is 6.33. The maximum atomic E-state index is 10.1. The fourth-order valence-electron chi connectivity index (χ4n) is 2.47. The largest absolute Gasteiger partial charge is 0.494 e. The van der Waals surface area contributed by atoms with E-state index in [0.29, 0.717) is 30.8 Å². The summed E-state index contributed by atoms with van der Waals surface area (Å²) in [7, 11) is 0. The molecule has 4 N–H and O–H groups in total. The second-order valence-electron chi connectivity index (χ2n) is 5.43. The number of aliphatic hydroxyl groups excluding tert-OH is 4. The van der Waals surface area contributed by atoms with E-state index in [0.717, 1.165) is 0 Å². The predicted molar refractivity (Wildman–Crippen MR) is 79.5 cm³/mol. The zero-order valence-electron chi connectivity index (χ0n) is 12.6. The van der Waals surface area contributed by atoms with Crippen molar-refractivity contribution in [3.8, 4) is 11.8 Å². The molecule has 1 aliphatic heterocycles. The van der Waals surface area contributed by atoms with E-state index in [1.54, 1.807) is 24.3 Å². The Labute approximate surface area is 134 Å². The van der Waals surface area contributed by atoms with Gasteiger partial charge in [0, 0.05) is 6.42 Å². The van der Waals surface area contributed by atoms with Crippen LogP contribution in [0.2, 0.25) is 0 Å². The molecular formula is C16H21NO6. The lowest BCUT2D eigenvalue weighted by atomic mass is 9.91. The van der Waals surface area contributed by atoms with E-state index in [2.05, 4.69) is 0 Å². The minimum Gasteiger partial charge on any atom is -0.494 e. The van der Waals surface area contributed by atoms with Gasteiger partial charge in [-0.05, 0) is 24.1 Å². The molecule has 1 saturated heterocycles. The van der Waals surface area contributed by atoms with Crippen LogP contribution in [-0.2, 0) is 4.74 Å². The van der Waals surface area contributed by atoms with Crippen LogP contribution in [0.4, 0.5) is 0 Å². The summed E-state index contributed by atoms with van der Waals surface area (Å²) in [5, 5.41) is 47.3. The molecule has 2 rings (SSSR count). The first kappa shape index (κ1) is 17.7. The summed E-state index contributed by atoms with van der Waals surface area (Å²) in [5.41, 5.74) is 0.603. The number of rotatable bonds is 6. The molecule has 0 radical (unpaired) electrons. The molecule has 0 saturated carbocycles. The van der Waals surface area contributed by atoms with Gasteiger partial charge in [-0.3, -0.25) is 0 Å². The van der Waals surface area contributed by atoms with Crippen LogP contribution in [0.15, 0.2) is 24.3 Å². The lowest BCUT2D eigenvalue weighted by Gasteiger charge is -2.40. The van der Waals surface area contributed by atoms with E-state index in [9.17, 15) is 20.4 Å². The lowest BCUT2D eigenvalue weighted by Crippen LogP contribution is -2.55. The van der Waals surface area contributed by atoms with Crippen LogP contribution < -0.4 is 4.74 Å². The van der Waals surface area contributed by atoms with Crippen molar-refractivity contribution in [3.63, 3.8) is 0 Å².